The molecule has 1 aliphatic rings. The Kier molecular flexibility index (Phi) is 5.20. The Morgan fingerprint density at radius 1 is 1.48 bits per heavy atom. The molecule has 1 aromatic carbocycles. The maximum absolute atomic E-state index is 12.2. The minimum atomic E-state index is -0.554. The zero-order valence-corrected chi connectivity index (χ0v) is 12.7. The number of amides is 1. The van der Waals surface area contributed by atoms with Gasteiger partial charge in [0.15, 0.2) is 0 Å². The minimum Gasteiger partial charge on any atom is -0.508 e. The zero-order chi connectivity index (χ0) is 15.4. The van der Waals surface area contributed by atoms with Crippen molar-refractivity contribution in [1.29, 1.82) is 0 Å². The largest absolute Gasteiger partial charge is 0.508 e. The quantitative estimate of drug-likeness (QED) is 0.764. The molecule has 1 saturated heterocycles. The third-order valence-corrected chi connectivity index (χ3v) is 4.16. The molecule has 116 valence electrons. The number of benzene rings is 1. The highest BCUT2D eigenvalue weighted by Crippen LogP contribution is 2.16. The molecule has 5 heteroatoms. The van der Waals surface area contributed by atoms with Crippen LogP contribution in [0.2, 0.25) is 0 Å². The summed E-state index contributed by atoms with van der Waals surface area (Å²) in [6.07, 6.45) is 1.45. The number of carbonyl (C=O) groups is 1. The second-order valence-corrected chi connectivity index (χ2v) is 6.12. The van der Waals surface area contributed by atoms with Crippen LogP contribution in [0.1, 0.15) is 18.9 Å². The maximum atomic E-state index is 12.2. The van der Waals surface area contributed by atoms with Crippen LogP contribution < -0.4 is 11.1 Å². The third kappa shape index (κ3) is 4.44. The number of nitrogens with two attached hydrogens (primary N) is 1. The van der Waals surface area contributed by atoms with Crippen molar-refractivity contribution >= 4 is 5.91 Å². The zero-order valence-electron chi connectivity index (χ0n) is 12.7. The number of nitrogens with one attached hydrogen (secondary N) is 1. The fourth-order valence-corrected chi connectivity index (χ4v) is 2.84. The van der Waals surface area contributed by atoms with Gasteiger partial charge >= 0.3 is 0 Å². The molecule has 4 N–H and O–H groups in total. The third-order valence-electron chi connectivity index (χ3n) is 4.16. The first kappa shape index (κ1) is 15.8. The van der Waals surface area contributed by atoms with Crippen LogP contribution in [-0.2, 0) is 11.2 Å². The van der Waals surface area contributed by atoms with E-state index in [1.807, 2.05) is 0 Å². The number of piperidine rings is 1. The summed E-state index contributed by atoms with van der Waals surface area (Å²) in [4.78, 5) is 14.5. The van der Waals surface area contributed by atoms with Crippen LogP contribution in [0.4, 0.5) is 0 Å². The van der Waals surface area contributed by atoms with Crippen molar-refractivity contribution in [1.82, 2.24) is 10.2 Å². The van der Waals surface area contributed by atoms with E-state index in [9.17, 15) is 9.90 Å². The Bertz CT molecular complexity index is 475. The number of phenolic OH excluding ortho intramolecular Hbond substituents is 1. The SMILES string of the molecule is CC1CN(C)CCC1NC(=O)[C@@H](N)Cc1ccc(O)cc1. The van der Waals surface area contributed by atoms with Crippen LogP contribution in [0.5, 0.6) is 5.75 Å². The summed E-state index contributed by atoms with van der Waals surface area (Å²) in [5, 5.41) is 12.3. The lowest BCUT2D eigenvalue weighted by Crippen LogP contribution is -2.53. The Morgan fingerprint density at radius 2 is 2.14 bits per heavy atom. The standard InChI is InChI=1S/C16H25N3O2/c1-11-10-19(2)8-7-15(11)18-16(21)14(17)9-12-3-5-13(20)6-4-12/h3-6,11,14-15,20H,7-10,17H2,1-2H3,(H,18,21)/t11?,14-,15?/m0/s1. The molecular weight excluding hydrogens is 266 g/mol. The van der Waals surface area contributed by atoms with Crippen molar-refractivity contribution in [2.75, 3.05) is 20.1 Å². The van der Waals surface area contributed by atoms with Crippen LogP contribution in [0.3, 0.4) is 0 Å². The van der Waals surface area contributed by atoms with E-state index in [-0.39, 0.29) is 17.7 Å². The lowest BCUT2D eigenvalue weighted by atomic mass is 9.93. The molecule has 0 spiro atoms. The highest BCUT2D eigenvalue weighted by Gasteiger charge is 2.27. The summed E-state index contributed by atoms with van der Waals surface area (Å²) in [6.45, 7) is 4.16. The first-order valence-electron chi connectivity index (χ1n) is 7.48. The van der Waals surface area contributed by atoms with Gasteiger partial charge in [-0.25, -0.2) is 0 Å². The minimum absolute atomic E-state index is 0.0931. The van der Waals surface area contributed by atoms with Crippen molar-refractivity contribution in [3.05, 3.63) is 29.8 Å². The van der Waals surface area contributed by atoms with E-state index in [2.05, 4.69) is 24.2 Å². The number of nitrogens with zero attached hydrogens (tertiary/aromatic N) is 1. The summed E-state index contributed by atoms with van der Waals surface area (Å²) in [7, 11) is 2.10. The molecule has 0 aromatic heterocycles. The molecule has 1 heterocycles. The number of hydrogen-bond donors (Lipinski definition) is 3. The number of likely N-dealkylation sites (tertiary alicyclic amines) is 1. The van der Waals surface area contributed by atoms with Crippen LogP contribution in [0, 0.1) is 5.92 Å². The molecule has 0 radical (unpaired) electrons. The molecule has 3 atom stereocenters. The highest BCUT2D eigenvalue weighted by molar-refractivity contribution is 5.82. The molecule has 0 aliphatic carbocycles. The second-order valence-electron chi connectivity index (χ2n) is 6.12. The monoisotopic (exact) mass is 291 g/mol. The Hall–Kier alpha value is -1.59. The fraction of sp³-hybridized carbons (Fsp3) is 0.562. The Morgan fingerprint density at radius 3 is 2.76 bits per heavy atom. The lowest BCUT2D eigenvalue weighted by molar-refractivity contribution is -0.123. The van der Waals surface area contributed by atoms with Gasteiger partial charge in [0.05, 0.1) is 6.04 Å². The van der Waals surface area contributed by atoms with Crippen molar-refractivity contribution in [3.8, 4) is 5.75 Å². The first-order valence-corrected chi connectivity index (χ1v) is 7.48. The number of aromatic hydroxyl groups is 1. The van der Waals surface area contributed by atoms with E-state index in [1.165, 1.54) is 0 Å². The van der Waals surface area contributed by atoms with Gasteiger partial charge in [-0.3, -0.25) is 4.79 Å². The van der Waals surface area contributed by atoms with E-state index in [0.717, 1.165) is 25.1 Å². The van der Waals surface area contributed by atoms with Gasteiger partial charge in [0.2, 0.25) is 5.91 Å². The van der Waals surface area contributed by atoms with Gasteiger partial charge < -0.3 is 21.1 Å². The average molecular weight is 291 g/mol. The van der Waals surface area contributed by atoms with Crippen LogP contribution in [0.25, 0.3) is 0 Å². The molecule has 1 fully saturated rings. The predicted octanol–water partition coefficient (Wildman–Crippen LogP) is 0.718. The molecular formula is C16H25N3O2. The van der Waals surface area contributed by atoms with E-state index < -0.39 is 6.04 Å². The van der Waals surface area contributed by atoms with Gasteiger partial charge in [-0.2, -0.15) is 0 Å². The topological polar surface area (TPSA) is 78.6 Å². The molecule has 1 amide bonds. The summed E-state index contributed by atoms with van der Waals surface area (Å²) in [6, 6.07) is 6.46. The molecule has 0 bridgehead atoms. The lowest BCUT2D eigenvalue weighted by Gasteiger charge is -2.35. The van der Waals surface area contributed by atoms with E-state index >= 15 is 0 Å². The molecule has 1 aliphatic heterocycles. The van der Waals surface area contributed by atoms with Crippen LogP contribution in [-0.4, -0.2) is 48.1 Å². The van der Waals surface area contributed by atoms with E-state index in [1.54, 1.807) is 24.3 Å². The van der Waals surface area contributed by atoms with Gasteiger partial charge in [0.1, 0.15) is 5.75 Å². The number of carbonyl (C=O) groups excluding carboxylic acids is 1. The summed E-state index contributed by atoms with van der Waals surface area (Å²) in [5.74, 6) is 0.565. The average Bonchev–Trinajstić information content (AvgIpc) is 2.44. The number of hydrogen-bond acceptors (Lipinski definition) is 4. The van der Waals surface area contributed by atoms with Crippen molar-refractivity contribution < 1.29 is 9.90 Å². The Balaban J connectivity index is 1.86. The van der Waals surface area contributed by atoms with Crippen LogP contribution in [0.15, 0.2) is 24.3 Å². The first-order chi connectivity index (χ1) is 9.95. The molecule has 5 nitrogen and oxygen atoms in total. The summed E-state index contributed by atoms with van der Waals surface area (Å²) >= 11 is 0. The smallest absolute Gasteiger partial charge is 0.237 e. The van der Waals surface area contributed by atoms with Gasteiger partial charge in [0, 0.05) is 12.6 Å². The number of phenols is 1. The molecule has 2 rings (SSSR count). The molecule has 1 aromatic rings. The summed E-state index contributed by atoms with van der Waals surface area (Å²) < 4.78 is 0. The molecule has 2 unspecified atom stereocenters. The summed E-state index contributed by atoms with van der Waals surface area (Å²) in [5.41, 5.74) is 6.94. The molecule has 21 heavy (non-hydrogen) atoms. The fourth-order valence-electron chi connectivity index (χ4n) is 2.84. The highest BCUT2D eigenvalue weighted by atomic mass is 16.3. The van der Waals surface area contributed by atoms with E-state index in [4.69, 9.17) is 5.73 Å². The second kappa shape index (κ2) is 6.91. The van der Waals surface area contributed by atoms with Crippen molar-refractivity contribution in [2.45, 2.75) is 31.8 Å². The number of rotatable bonds is 4. The van der Waals surface area contributed by atoms with Gasteiger partial charge in [-0.1, -0.05) is 19.1 Å². The van der Waals surface area contributed by atoms with E-state index in [0.29, 0.717) is 12.3 Å². The predicted molar refractivity (Wildman–Crippen MR) is 83.0 cm³/mol. The normalized spacial score (nSPS) is 24.5. The molecule has 0 saturated carbocycles. The van der Waals surface area contributed by atoms with Crippen molar-refractivity contribution in [2.24, 2.45) is 11.7 Å². The van der Waals surface area contributed by atoms with Gasteiger partial charge in [-0.05, 0) is 50.0 Å². The maximum Gasteiger partial charge on any atom is 0.237 e. The van der Waals surface area contributed by atoms with Crippen molar-refractivity contribution in [3.63, 3.8) is 0 Å². The Labute approximate surface area is 126 Å². The van der Waals surface area contributed by atoms with Crippen LogP contribution >= 0.6 is 0 Å². The van der Waals surface area contributed by atoms with Gasteiger partial charge in [0.25, 0.3) is 0 Å². The van der Waals surface area contributed by atoms with Gasteiger partial charge in [-0.15, -0.1) is 0 Å².